The van der Waals surface area contributed by atoms with Crippen LogP contribution in [0.2, 0.25) is 0 Å². The molecule has 0 bridgehead atoms. The molecule has 8 heteroatoms. The van der Waals surface area contributed by atoms with E-state index in [9.17, 15) is 0 Å². The predicted molar refractivity (Wildman–Crippen MR) is 119 cm³/mol. The molecule has 1 saturated heterocycles. The van der Waals surface area contributed by atoms with E-state index in [-0.39, 0.29) is 6.79 Å². The van der Waals surface area contributed by atoms with E-state index < -0.39 is 0 Å². The molecule has 0 spiro atoms. The summed E-state index contributed by atoms with van der Waals surface area (Å²) in [5, 5.41) is 5.46. The van der Waals surface area contributed by atoms with E-state index in [4.69, 9.17) is 14.2 Å². The lowest BCUT2D eigenvalue weighted by Gasteiger charge is -2.17. The number of amidine groups is 1. The molecule has 158 valence electrons. The number of nitrogens with one attached hydrogen (secondary N) is 1. The molecule has 5 rings (SSSR count). The van der Waals surface area contributed by atoms with Gasteiger partial charge in [-0.2, -0.15) is 5.10 Å². The van der Waals surface area contributed by atoms with Gasteiger partial charge in [0.1, 0.15) is 0 Å². The minimum Gasteiger partial charge on any atom is -0.454 e. The molecule has 1 fully saturated rings. The molecule has 3 aliphatic rings. The number of fused-ring (bicyclic) bond motifs is 1. The van der Waals surface area contributed by atoms with Crippen LogP contribution in [-0.4, -0.2) is 40.7 Å². The Morgan fingerprint density at radius 3 is 2.93 bits per heavy atom. The molecule has 1 aromatic heterocycles. The highest BCUT2D eigenvalue weighted by Gasteiger charge is 2.22. The summed E-state index contributed by atoms with van der Waals surface area (Å²) >= 11 is 1.69. The summed E-state index contributed by atoms with van der Waals surface area (Å²) in [6, 6.07) is 8.17. The Morgan fingerprint density at radius 2 is 2.13 bits per heavy atom. The van der Waals surface area contributed by atoms with Gasteiger partial charge in [-0.25, -0.2) is 0 Å². The minimum absolute atomic E-state index is 0.288. The number of aliphatic imine (C=N–C) groups is 1. The highest BCUT2D eigenvalue weighted by molar-refractivity contribution is 8.14. The molecule has 4 heterocycles. The van der Waals surface area contributed by atoms with Gasteiger partial charge in [0.05, 0.1) is 18.4 Å². The van der Waals surface area contributed by atoms with Crippen LogP contribution in [0.1, 0.15) is 35.4 Å². The van der Waals surface area contributed by atoms with Crippen LogP contribution in [0.4, 0.5) is 0 Å². The number of aryl methyl sites for hydroxylation is 1. The van der Waals surface area contributed by atoms with Crippen LogP contribution in [0, 0.1) is 13.8 Å². The maximum atomic E-state index is 5.83. The van der Waals surface area contributed by atoms with Crippen LogP contribution in [0.25, 0.3) is 0 Å². The van der Waals surface area contributed by atoms with Gasteiger partial charge in [0.15, 0.2) is 16.7 Å². The van der Waals surface area contributed by atoms with Crippen LogP contribution in [0.3, 0.4) is 0 Å². The van der Waals surface area contributed by atoms with Crippen LogP contribution in [0.5, 0.6) is 11.5 Å². The van der Waals surface area contributed by atoms with Crippen molar-refractivity contribution in [3.8, 4) is 11.5 Å². The Labute approximate surface area is 180 Å². The van der Waals surface area contributed by atoms with Crippen molar-refractivity contribution in [2.45, 2.75) is 45.9 Å². The number of aromatic nitrogens is 1. The smallest absolute Gasteiger partial charge is 0.231 e. The third-order valence-electron chi connectivity index (χ3n) is 5.77. The maximum absolute atomic E-state index is 5.83. The second-order valence-corrected chi connectivity index (χ2v) is 8.76. The van der Waals surface area contributed by atoms with Gasteiger partial charge in [0.25, 0.3) is 0 Å². The van der Waals surface area contributed by atoms with E-state index >= 15 is 0 Å². The number of ether oxygens (including phenoxy) is 3. The van der Waals surface area contributed by atoms with Gasteiger partial charge < -0.3 is 18.8 Å². The molecule has 1 atom stereocenters. The summed E-state index contributed by atoms with van der Waals surface area (Å²) in [4.78, 5) is 4.66. The number of rotatable bonds is 5. The Bertz CT molecular complexity index is 1010. The van der Waals surface area contributed by atoms with Gasteiger partial charge in [-0.1, -0.05) is 17.8 Å². The Balaban J connectivity index is 1.25. The van der Waals surface area contributed by atoms with Crippen LogP contribution in [0.15, 0.2) is 34.4 Å². The van der Waals surface area contributed by atoms with Gasteiger partial charge >= 0.3 is 0 Å². The molecule has 0 amide bonds. The van der Waals surface area contributed by atoms with Crippen molar-refractivity contribution < 1.29 is 14.2 Å². The lowest BCUT2D eigenvalue weighted by atomic mass is 10.1. The van der Waals surface area contributed by atoms with Gasteiger partial charge in [-0.15, -0.1) is 0 Å². The molecular formula is C22H26N4O3S. The van der Waals surface area contributed by atoms with E-state index in [0.29, 0.717) is 12.6 Å². The number of nitrogens with zero attached hydrogens (tertiary/aromatic N) is 3. The monoisotopic (exact) mass is 426 g/mol. The van der Waals surface area contributed by atoms with E-state index in [0.717, 1.165) is 53.3 Å². The van der Waals surface area contributed by atoms with Crippen molar-refractivity contribution in [2.75, 3.05) is 19.2 Å². The first-order valence-electron chi connectivity index (χ1n) is 10.3. The zero-order chi connectivity index (χ0) is 20.5. The number of thioether (sulfide) groups is 1. The SMILES string of the molecule is Cc1cc(C2=NNC(=NCc3ccc4c(c3)OCO4)SC2)c(C)n1C[C@H]1CCCO1. The van der Waals surface area contributed by atoms with E-state index in [1.54, 1.807) is 11.8 Å². The summed E-state index contributed by atoms with van der Waals surface area (Å²) in [5.41, 5.74) is 9.00. The third-order valence-corrected chi connectivity index (χ3v) is 6.68. The lowest BCUT2D eigenvalue weighted by molar-refractivity contribution is 0.0962. The molecule has 3 aliphatic heterocycles. The van der Waals surface area contributed by atoms with E-state index in [1.807, 2.05) is 18.2 Å². The highest BCUT2D eigenvalue weighted by Crippen LogP contribution is 2.32. The molecule has 0 radical (unpaired) electrons. The van der Waals surface area contributed by atoms with Gasteiger partial charge in [0, 0.05) is 35.9 Å². The van der Waals surface area contributed by atoms with Crippen molar-refractivity contribution in [2.24, 2.45) is 10.1 Å². The standard InChI is InChI=1S/C22H26N4O3S/c1-14-8-18(15(2)26(14)11-17-4-3-7-27-17)19-12-30-22(25-24-19)23-10-16-5-6-20-21(9-16)29-13-28-20/h5-6,8-9,17H,3-4,7,10-13H2,1-2H3,(H,23,25)/t17-/m1/s1. The fraction of sp³-hybridized carbons (Fsp3) is 0.455. The summed E-state index contributed by atoms with van der Waals surface area (Å²) in [6.45, 7) is 7.01. The molecular weight excluding hydrogens is 400 g/mol. The van der Waals surface area contributed by atoms with Crippen molar-refractivity contribution in [3.63, 3.8) is 0 Å². The largest absolute Gasteiger partial charge is 0.454 e. The van der Waals surface area contributed by atoms with Crippen LogP contribution >= 0.6 is 11.8 Å². The minimum atomic E-state index is 0.288. The summed E-state index contributed by atoms with van der Waals surface area (Å²) < 4.78 is 19.0. The molecule has 0 saturated carbocycles. The molecule has 0 aliphatic carbocycles. The van der Waals surface area contributed by atoms with Crippen LogP contribution < -0.4 is 14.9 Å². The van der Waals surface area contributed by atoms with Crippen LogP contribution in [-0.2, 0) is 17.8 Å². The molecule has 2 aromatic rings. The fourth-order valence-electron chi connectivity index (χ4n) is 4.10. The predicted octanol–water partition coefficient (Wildman–Crippen LogP) is 3.61. The average molecular weight is 427 g/mol. The summed E-state index contributed by atoms with van der Waals surface area (Å²) in [6.07, 6.45) is 2.64. The Morgan fingerprint density at radius 1 is 1.23 bits per heavy atom. The molecule has 30 heavy (non-hydrogen) atoms. The fourth-order valence-corrected chi connectivity index (χ4v) is 4.86. The van der Waals surface area contributed by atoms with Crippen molar-refractivity contribution in [1.82, 2.24) is 9.99 Å². The first-order valence-corrected chi connectivity index (χ1v) is 11.3. The zero-order valence-electron chi connectivity index (χ0n) is 17.3. The Kier molecular flexibility index (Phi) is 5.43. The van der Waals surface area contributed by atoms with Crippen molar-refractivity contribution in [1.29, 1.82) is 0 Å². The van der Waals surface area contributed by atoms with Gasteiger partial charge in [-0.05, 0) is 50.5 Å². The first-order chi connectivity index (χ1) is 14.7. The van der Waals surface area contributed by atoms with E-state index in [1.165, 1.54) is 23.4 Å². The highest BCUT2D eigenvalue weighted by atomic mass is 32.2. The topological polar surface area (TPSA) is 69.4 Å². The second kappa shape index (κ2) is 8.35. The third kappa shape index (κ3) is 3.94. The molecule has 0 unspecified atom stereocenters. The van der Waals surface area contributed by atoms with E-state index in [2.05, 4.69) is 40.0 Å². The van der Waals surface area contributed by atoms with Gasteiger partial charge in [0.2, 0.25) is 6.79 Å². The molecule has 1 aromatic carbocycles. The van der Waals surface area contributed by atoms with Crippen molar-refractivity contribution >= 4 is 22.6 Å². The van der Waals surface area contributed by atoms with Crippen molar-refractivity contribution in [3.05, 3.63) is 46.8 Å². The zero-order valence-corrected chi connectivity index (χ0v) is 18.1. The first kappa shape index (κ1) is 19.5. The normalized spacial score (nSPS) is 21.7. The lowest BCUT2D eigenvalue weighted by Crippen LogP contribution is -2.26. The number of benzene rings is 1. The quantitative estimate of drug-likeness (QED) is 0.791. The molecule has 1 N–H and O–H groups in total. The number of hydrogen-bond acceptors (Lipinski definition) is 6. The summed E-state index contributed by atoms with van der Waals surface area (Å²) in [7, 11) is 0. The second-order valence-electron chi connectivity index (χ2n) is 7.80. The summed E-state index contributed by atoms with van der Waals surface area (Å²) in [5.74, 6) is 2.38. The number of hydrazone groups is 1. The molecule has 7 nitrogen and oxygen atoms in total. The Hall–Kier alpha value is -2.45. The average Bonchev–Trinajstić information content (AvgIpc) is 3.50. The number of hydrogen-bond donors (Lipinski definition) is 1. The maximum Gasteiger partial charge on any atom is 0.231 e. The van der Waals surface area contributed by atoms with Gasteiger partial charge in [-0.3, -0.25) is 10.4 Å².